The number of nitrogens with two attached hydrogens (primary N) is 1. The Morgan fingerprint density at radius 2 is 1.83 bits per heavy atom. The SMILES string of the molecule is CCCC(CN)C(=O)N[C@@H](CCC(=O)O)C(=O)O. The molecule has 0 radical (unpaired) electrons. The Balaban J connectivity index is 4.42. The second-order valence-electron chi connectivity index (χ2n) is 4.05. The van der Waals surface area contributed by atoms with Gasteiger partial charge in [0.25, 0.3) is 0 Å². The predicted octanol–water partition coefficient (Wildman–Crippen LogP) is -0.204. The minimum absolute atomic E-state index is 0.139. The Morgan fingerprint density at radius 3 is 2.22 bits per heavy atom. The largest absolute Gasteiger partial charge is 0.481 e. The molecule has 0 saturated carbocycles. The summed E-state index contributed by atoms with van der Waals surface area (Å²) in [6.45, 7) is 2.04. The molecule has 7 heteroatoms. The molecule has 0 heterocycles. The van der Waals surface area contributed by atoms with Gasteiger partial charge in [-0.1, -0.05) is 13.3 Å². The van der Waals surface area contributed by atoms with Crippen LogP contribution in [0.3, 0.4) is 0 Å². The fourth-order valence-corrected chi connectivity index (χ4v) is 1.52. The molecule has 0 rings (SSSR count). The van der Waals surface area contributed by atoms with Crippen molar-refractivity contribution in [3.63, 3.8) is 0 Å². The Hall–Kier alpha value is -1.63. The van der Waals surface area contributed by atoms with Gasteiger partial charge in [-0.05, 0) is 12.8 Å². The van der Waals surface area contributed by atoms with Gasteiger partial charge in [0, 0.05) is 13.0 Å². The highest BCUT2D eigenvalue weighted by Crippen LogP contribution is 2.06. The highest BCUT2D eigenvalue weighted by Gasteiger charge is 2.24. The summed E-state index contributed by atoms with van der Waals surface area (Å²) in [5.41, 5.74) is 5.43. The summed E-state index contributed by atoms with van der Waals surface area (Å²) in [7, 11) is 0. The van der Waals surface area contributed by atoms with Crippen LogP contribution >= 0.6 is 0 Å². The van der Waals surface area contributed by atoms with Gasteiger partial charge in [-0.3, -0.25) is 9.59 Å². The van der Waals surface area contributed by atoms with E-state index in [1.807, 2.05) is 6.92 Å². The first-order chi connectivity index (χ1) is 8.42. The molecule has 2 atom stereocenters. The summed E-state index contributed by atoms with van der Waals surface area (Å²) in [6.07, 6.45) is 0.897. The van der Waals surface area contributed by atoms with E-state index in [-0.39, 0.29) is 19.4 Å². The van der Waals surface area contributed by atoms with Gasteiger partial charge in [0.1, 0.15) is 6.04 Å². The van der Waals surface area contributed by atoms with Crippen molar-refractivity contribution >= 4 is 17.8 Å². The van der Waals surface area contributed by atoms with Crippen LogP contribution in [0.15, 0.2) is 0 Å². The van der Waals surface area contributed by atoms with Gasteiger partial charge in [0.2, 0.25) is 5.91 Å². The molecule has 0 aromatic rings. The molecule has 18 heavy (non-hydrogen) atoms. The third-order valence-corrected chi connectivity index (χ3v) is 2.55. The Morgan fingerprint density at radius 1 is 1.22 bits per heavy atom. The summed E-state index contributed by atoms with van der Waals surface area (Å²) in [5.74, 6) is -3.20. The van der Waals surface area contributed by atoms with E-state index >= 15 is 0 Å². The van der Waals surface area contributed by atoms with Crippen molar-refractivity contribution in [2.45, 2.75) is 38.6 Å². The fraction of sp³-hybridized carbons (Fsp3) is 0.727. The van der Waals surface area contributed by atoms with Gasteiger partial charge in [-0.15, -0.1) is 0 Å². The van der Waals surface area contributed by atoms with E-state index in [1.165, 1.54) is 0 Å². The number of carboxylic acids is 2. The molecular formula is C11H20N2O5. The van der Waals surface area contributed by atoms with Crippen molar-refractivity contribution in [1.29, 1.82) is 0 Å². The van der Waals surface area contributed by atoms with Crippen LogP contribution in [-0.2, 0) is 14.4 Å². The Labute approximate surface area is 105 Å². The molecule has 1 amide bonds. The number of nitrogens with one attached hydrogen (secondary N) is 1. The summed E-state index contributed by atoms with van der Waals surface area (Å²) >= 11 is 0. The van der Waals surface area contributed by atoms with E-state index in [0.29, 0.717) is 6.42 Å². The number of amides is 1. The van der Waals surface area contributed by atoms with Crippen LogP contribution < -0.4 is 11.1 Å². The minimum atomic E-state index is -1.24. The highest BCUT2D eigenvalue weighted by atomic mass is 16.4. The van der Waals surface area contributed by atoms with Crippen LogP contribution in [-0.4, -0.2) is 40.6 Å². The van der Waals surface area contributed by atoms with E-state index in [0.717, 1.165) is 6.42 Å². The lowest BCUT2D eigenvalue weighted by Gasteiger charge is -2.18. The van der Waals surface area contributed by atoms with Crippen LogP contribution in [0.2, 0.25) is 0 Å². The fourth-order valence-electron chi connectivity index (χ4n) is 1.52. The van der Waals surface area contributed by atoms with E-state index in [9.17, 15) is 14.4 Å². The quantitative estimate of drug-likeness (QED) is 0.454. The van der Waals surface area contributed by atoms with Gasteiger partial charge >= 0.3 is 11.9 Å². The van der Waals surface area contributed by atoms with E-state index in [1.54, 1.807) is 0 Å². The predicted molar refractivity (Wildman–Crippen MR) is 63.9 cm³/mol. The van der Waals surface area contributed by atoms with Crippen LogP contribution in [0.1, 0.15) is 32.6 Å². The number of carboxylic acid groups (broad SMARTS) is 2. The van der Waals surface area contributed by atoms with Crippen LogP contribution in [0.5, 0.6) is 0 Å². The molecule has 0 aliphatic heterocycles. The van der Waals surface area contributed by atoms with Crippen LogP contribution in [0, 0.1) is 5.92 Å². The third kappa shape index (κ3) is 6.19. The van der Waals surface area contributed by atoms with Gasteiger partial charge in [-0.2, -0.15) is 0 Å². The average Bonchev–Trinajstić information content (AvgIpc) is 2.30. The molecule has 0 aliphatic carbocycles. The summed E-state index contributed by atoms with van der Waals surface area (Å²) in [4.78, 5) is 33.0. The monoisotopic (exact) mass is 260 g/mol. The second-order valence-corrected chi connectivity index (χ2v) is 4.05. The summed E-state index contributed by atoms with van der Waals surface area (Å²) in [5, 5.41) is 19.7. The molecule has 0 saturated heterocycles. The topological polar surface area (TPSA) is 130 Å². The standard InChI is InChI=1S/C11H20N2O5/c1-2-3-7(6-12)10(16)13-8(11(17)18)4-5-9(14)15/h7-8H,2-6,12H2,1H3,(H,13,16)(H,14,15)(H,17,18)/t7?,8-/m0/s1. The number of carbonyl (C=O) groups is 3. The number of rotatable bonds is 9. The highest BCUT2D eigenvalue weighted by molar-refractivity contribution is 5.85. The maximum Gasteiger partial charge on any atom is 0.326 e. The minimum Gasteiger partial charge on any atom is -0.481 e. The van der Waals surface area contributed by atoms with Gasteiger partial charge in [0.15, 0.2) is 0 Å². The maximum atomic E-state index is 11.7. The Bertz CT molecular complexity index is 306. The molecule has 1 unspecified atom stereocenters. The van der Waals surface area contributed by atoms with Gasteiger partial charge in [0.05, 0.1) is 5.92 Å². The zero-order valence-corrected chi connectivity index (χ0v) is 10.4. The van der Waals surface area contributed by atoms with Crippen LogP contribution in [0.4, 0.5) is 0 Å². The first kappa shape index (κ1) is 16.4. The number of hydrogen-bond donors (Lipinski definition) is 4. The molecule has 104 valence electrons. The lowest BCUT2D eigenvalue weighted by atomic mass is 10.0. The molecule has 0 aromatic carbocycles. The van der Waals surface area contributed by atoms with Crippen LogP contribution in [0.25, 0.3) is 0 Å². The average molecular weight is 260 g/mol. The van der Waals surface area contributed by atoms with Crippen molar-refractivity contribution in [1.82, 2.24) is 5.32 Å². The molecule has 0 spiro atoms. The molecule has 0 aromatic heterocycles. The molecule has 0 aliphatic rings. The molecule has 0 fully saturated rings. The lowest BCUT2D eigenvalue weighted by Crippen LogP contribution is -2.45. The van der Waals surface area contributed by atoms with E-state index in [4.69, 9.17) is 15.9 Å². The lowest BCUT2D eigenvalue weighted by molar-refractivity contribution is -0.143. The second kappa shape index (κ2) is 8.46. The van der Waals surface area contributed by atoms with Crippen molar-refractivity contribution in [3.8, 4) is 0 Å². The zero-order chi connectivity index (χ0) is 14.1. The van der Waals surface area contributed by atoms with Crippen molar-refractivity contribution in [3.05, 3.63) is 0 Å². The first-order valence-corrected chi connectivity index (χ1v) is 5.87. The van der Waals surface area contributed by atoms with Gasteiger partial charge in [-0.25, -0.2) is 4.79 Å². The first-order valence-electron chi connectivity index (χ1n) is 5.87. The number of carbonyl (C=O) groups excluding carboxylic acids is 1. The zero-order valence-electron chi connectivity index (χ0n) is 10.4. The number of aliphatic carboxylic acids is 2. The molecule has 7 nitrogen and oxygen atoms in total. The van der Waals surface area contributed by atoms with E-state index < -0.39 is 29.8 Å². The molecule has 5 N–H and O–H groups in total. The molecule has 0 bridgehead atoms. The Kier molecular flexibility index (Phi) is 7.69. The third-order valence-electron chi connectivity index (χ3n) is 2.55. The van der Waals surface area contributed by atoms with Gasteiger partial charge < -0.3 is 21.3 Å². The molecular weight excluding hydrogens is 240 g/mol. The number of hydrogen-bond acceptors (Lipinski definition) is 4. The summed E-state index contributed by atoms with van der Waals surface area (Å²) in [6, 6.07) is -1.18. The maximum absolute atomic E-state index is 11.7. The van der Waals surface area contributed by atoms with E-state index in [2.05, 4.69) is 5.32 Å². The van der Waals surface area contributed by atoms with Crippen molar-refractivity contribution < 1.29 is 24.6 Å². The smallest absolute Gasteiger partial charge is 0.326 e. The van der Waals surface area contributed by atoms with Crippen molar-refractivity contribution in [2.24, 2.45) is 11.7 Å². The summed E-state index contributed by atoms with van der Waals surface area (Å²) < 4.78 is 0. The normalized spacial score (nSPS) is 13.7. The van der Waals surface area contributed by atoms with Crippen molar-refractivity contribution in [2.75, 3.05) is 6.54 Å².